The molecule has 0 bridgehead atoms. The molecule has 2 unspecified atom stereocenters. The SMILES string of the molecule is CC1CC(=O)NCCN1C(C)C(=O)O. The van der Waals surface area contributed by atoms with E-state index in [2.05, 4.69) is 5.32 Å². The third-order valence-corrected chi connectivity index (χ3v) is 2.59. The van der Waals surface area contributed by atoms with Gasteiger partial charge in [0.15, 0.2) is 0 Å². The van der Waals surface area contributed by atoms with Crippen LogP contribution >= 0.6 is 0 Å². The van der Waals surface area contributed by atoms with Crippen LogP contribution in [-0.4, -0.2) is 47.1 Å². The predicted octanol–water partition coefficient (Wildman–Crippen LogP) is -0.330. The highest BCUT2D eigenvalue weighted by molar-refractivity contribution is 5.77. The van der Waals surface area contributed by atoms with Gasteiger partial charge in [0.05, 0.1) is 0 Å². The van der Waals surface area contributed by atoms with Crippen molar-refractivity contribution in [2.24, 2.45) is 0 Å². The van der Waals surface area contributed by atoms with Crippen LogP contribution in [0.5, 0.6) is 0 Å². The Hall–Kier alpha value is -1.10. The summed E-state index contributed by atoms with van der Waals surface area (Å²) >= 11 is 0. The number of aliphatic carboxylic acids is 1. The van der Waals surface area contributed by atoms with Gasteiger partial charge in [-0.2, -0.15) is 0 Å². The van der Waals surface area contributed by atoms with E-state index in [0.29, 0.717) is 19.5 Å². The second-order valence-corrected chi connectivity index (χ2v) is 3.66. The maximum atomic E-state index is 11.1. The van der Waals surface area contributed by atoms with Crippen LogP contribution in [0.2, 0.25) is 0 Å². The molecular weight excluding hydrogens is 184 g/mol. The van der Waals surface area contributed by atoms with E-state index >= 15 is 0 Å². The lowest BCUT2D eigenvalue weighted by molar-refractivity contribution is -0.143. The van der Waals surface area contributed by atoms with Gasteiger partial charge in [-0.1, -0.05) is 0 Å². The Bertz CT molecular complexity index is 242. The molecule has 14 heavy (non-hydrogen) atoms. The maximum absolute atomic E-state index is 11.1. The Balaban J connectivity index is 2.67. The zero-order valence-electron chi connectivity index (χ0n) is 8.49. The number of nitrogens with zero attached hydrogens (tertiary/aromatic N) is 1. The van der Waals surface area contributed by atoms with Crippen molar-refractivity contribution in [1.29, 1.82) is 0 Å². The van der Waals surface area contributed by atoms with Crippen LogP contribution in [-0.2, 0) is 9.59 Å². The van der Waals surface area contributed by atoms with Crippen LogP contribution in [0.15, 0.2) is 0 Å². The molecule has 1 saturated heterocycles. The molecule has 0 aliphatic carbocycles. The van der Waals surface area contributed by atoms with Gasteiger partial charge in [0.1, 0.15) is 6.04 Å². The van der Waals surface area contributed by atoms with Crippen molar-refractivity contribution in [2.75, 3.05) is 13.1 Å². The van der Waals surface area contributed by atoms with Crippen LogP contribution in [0.4, 0.5) is 0 Å². The van der Waals surface area contributed by atoms with E-state index in [1.165, 1.54) is 0 Å². The third kappa shape index (κ3) is 2.45. The molecule has 1 amide bonds. The first-order chi connectivity index (χ1) is 6.52. The molecule has 0 aromatic carbocycles. The molecule has 2 N–H and O–H groups in total. The topological polar surface area (TPSA) is 69.6 Å². The highest BCUT2D eigenvalue weighted by atomic mass is 16.4. The number of carboxylic acid groups (broad SMARTS) is 1. The summed E-state index contributed by atoms with van der Waals surface area (Å²) in [6.45, 7) is 4.65. The molecule has 1 rings (SSSR count). The van der Waals surface area contributed by atoms with Gasteiger partial charge in [-0.3, -0.25) is 14.5 Å². The van der Waals surface area contributed by atoms with E-state index in [1.807, 2.05) is 11.8 Å². The first-order valence-electron chi connectivity index (χ1n) is 4.77. The number of amides is 1. The normalized spacial score (nSPS) is 26.4. The molecule has 0 aromatic rings. The number of carboxylic acids is 1. The Morgan fingerprint density at radius 2 is 2.36 bits per heavy atom. The van der Waals surface area contributed by atoms with Crippen molar-refractivity contribution in [3.05, 3.63) is 0 Å². The summed E-state index contributed by atoms with van der Waals surface area (Å²) in [6.07, 6.45) is 0.373. The van der Waals surface area contributed by atoms with Gasteiger partial charge in [0.2, 0.25) is 5.91 Å². The van der Waals surface area contributed by atoms with Crippen molar-refractivity contribution in [3.8, 4) is 0 Å². The second kappa shape index (κ2) is 4.41. The van der Waals surface area contributed by atoms with E-state index in [-0.39, 0.29) is 11.9 Å². The molecule has 0 radical (unpaired) electrons. The lowest BCUT2D eigenvalue weighted by Crippen LogP contribution is -2.45. The van der Waals surface area contributed by atoms with Crippen LogP contribution in [0.1, 0.15) is 20.3 Å². The number of hydrogen-bond acceptors (Lipinski definition) is 3. The summed E-state index contributed by atoms with van der Waals surface area (Å²) in [7, 11) is 0. The summed E-state index contributed by atoms with van der Waals surface area (Å²) in [5, 5.41) is 11.6. The van der Waals surface area contributed by atoms with Crippen molar-refractivity contribution < 1.29 is 14.7 Å². The fourth-order valence-corrected chi connectivity index (χ4v) is 1.72. The summed E-state index contributed by atoms with van der Waals surface area (Å²) in [5.41, 5.74) is 0. The van der Waals surface area contributed by atoms with Gasteiger partial charge in [-0.05, 0) is 13.8 Å². The molecule has 1 aliphatic rings. The molecule has 1 aliphatic heterocycles. The second-order valence-electron chi connectivity index (χ2n) is 3.66. The number of carbonyl (C=O) groups excluding carboxylic acids is 1. The number of carbonyl (C=O) groups is 2. The Morgan fingerprint density at radius 1 is 1.71 bits per heavy atom. The molecule has 0 aromatic heterocycles. The maximum Gasteiger partial charge on any atom is 0.320 e. The zero-order chi connectivity index (χ0) is 10.7. The van der Waals surface area contributed by atoms with Crippen LogP contribution in [0.3, 0.4) is 0 Å². The predicted molar refractivity (Wildman–Crippen MR) is 50.9 cm³/mol. The van der Waals surface area contributed by atoms with Gasteiger partial charge in [0.25, 0.3) is 0 Å². The van der Waals surface area contributed by atoms with Gasteiger partial charge in [-0.15, -0.1) is 0 Å². The molecule has 80 valence electrons. The van der Waals surface area contributed by atoms with Crippen molar-refractivity contribution in [3.63, 3.8) is 0 Å². The lowest BCUT2D eigenvalue weighted by Gasteiger charge is -2.29. The first-order valence-corrected chi connectivity index (χ1v) is 4.77. The Kier molecular flexibility index (Phi) is 3.46. The van der Waals surface area contributed by atoms with E-state index in [0.717, 1.165) is 0 Å². The van der Waals surface area contributed by atoms with Crippen LogP contribution in [0, 0.1) is 0 Å². The lowest BCUT2D eigenvalue weighted by atomic mass is 10.1. The average molecular weight is 200 g/mol. The first kappa shape index (κ1) is 11.0. The molecular formula is C9H16N2O3. The third-order valence-electron chi connectivity index (χ3n) is 2.59. The van der Waals surface area contributed by atoms with E-state index < -0.39 is 12.0 Å². The molecule has 1 heterocycles. The minimum atomic E-state index is -0.841. The van der Waals surface area contributed by atoms with E-state index in [1.54, 1.807) is 6.92 Å². The summed E-state index contributed by atoms with van der Waals surface area (Å²) in [5.74, 6) is -0.844. The van der Waals surface area contributed by atoms with E-state index in [9.17, 15) is 9.59 Å². The fourth-order valence-electron chi connectivity index (χ4n) is 1.72. The molecule has 5 heteroatoms. The summed E-state index contributed by atoms with van der Waals surface area (Å²) in [4.78, 5) is 23.8. The molecule has 5 nitrogen and oxygen atoms in total. The van der Waals surface area contributed by atoms with Gasteiger partial charge in [0, 0.05) is 25.6 Å². The van der Waals surface area contributed by atoms with Crippen molar-refractivity contribution in [1.82, 2.24) is 10.2 Å². The summed E-state index contributed by atoms with van der Waals surface area (Å²) < 4.78 is 0. The zero-order valence-corrected chi connectivity index (χ0v) is 8.49. The molecule has 0 saturated carbocycles. The Labute approximate surface area is 83.1 Å². The quantitative estimate of drug-likeness (QED) is 0.640. The number of nitrogens with one attached hydrogen (secondary N) is 1. The van der Waals surface area contributed by atoms with Gasteiger partial charge >= 0.3 is 5.97 Å². The highest BCUT2D eigenvalue weighted by Gasteiger charge is 2.28. The highest BCUT2D eigenvalue weighted by Crippen LogP contribution is 2.11. The fraction of sp³-hybridized carbons (Fsp3) is 0.778. The molecule has 0 spiro atoms. The smallest absolute Gasteiger partial charge is 0.320 e. The van der Waals surface area contributed by atoms with Gasteiger partial charge < -0.3 is 10.4 Å². The largest absolute Gasteiger partial charge is 0.480 e. The van der Waals surface area contributed by atoms with Crippen LogP contribution < -0.4 is 5.32 Å². The van der Waals surface area contributed by atoms with Crippen molar-refractivity contribution in [2.45, 2.75) is 32.4 Å². The van der Waals surface area contributed by atoms with Gasteiger partial charge in [-0.25, -0.2) is 0 Å². The number of rotatable bonds is 2. The monoisotopic (exact) mass is 200 g/mol. The van der Waals surface area contributed by atoms with Crippen molar-refractivity contribution >= 4 is 11.9 Å². The van der Waals surface area contributed by atoms with E-state index in [4.69, 9.17) is 5.11 Å². The van der Waals surface area contributed by atoms with Crippen LogP contribution in [0.25, 0.3) is 0 Å². The minimum Gasteiger partial charge on any atom is -0.480 e. The standard InChI is InChI=1S/C9H16N2O3/c1-6-5-8(12)10-3-4-11(6)7(2)9(13)14/h6-7H,3-5H2,1-2H3,(H,10,12)(H,13,14). The minimum absolute atomic E-state index is 0.00223. The number of hydrogen-bond donors (Lipinski definition) is 2. The Morgan fingerprint density at radius 3 is 2.93 bits per heavy atom. The molecule has 2 atom stereocenters. The summed E-state index contributed by atoms with van der Waals surface area (Å²) in [6, 6.07) is -0.540. The average Bonchev–Trinajstić information content (AvgIpc) is 2.25. The molecule has 1 fully saturated rings.